The fourth-order valence-corrected chi connectivity index (χ4v) is 1.60. The first-order valence-electron chi connectivity index (χ1n) is 5.25. The van der Waals surface area contributed by atoms with Gasteiger partial charge in [-0.15, -0.1) is 0 Å². The Kier molecular flexibility index (Phi) is 3.20. The average molecular weight is 231 g/mol. The molecule has 2 aromatic rings. The van der Waals surface area contributed by atoms with Gasteiger partial charge in [-0.05, 0) is 18.2 Å². The van der Waals surface area contributed by atoms with E-state index in [9.17, 15) is 4.79 Å². The minimum Gasteiger partial charge on any atom is -0.480 e. The molecule has 0 saturated heterocycles. The number of carbonyl (C=O) groups is 1. The molecule has 17 heavy (non-hydrogen) atoms. The van der Waals surface area contributed by atoms with Gasteiger partial charge in [0.2, 0.25) is 0 Å². The number of hydrogen-bond donors (Lipinski definition) is 2. The number of nitrogens with zero attached hydrogens (tertiary/aromatic N) is 2. The molecular formula is C12H13N3O2. The van der Waals surface area contributed by atoms with Gasteiger partial charge in [-0.1, -0.05) is 18.2 Å². The summed E-state index contributed by atoms with van der Waals surface area (Å²) < 4.78 is 1.70. The molecule has 1 atom stereocenters. The summed E-state index contributed by atoms with van der Waals surface area (Å²) >= 11 is 0. The maximum atomic E-state index is 10.7. The molecule has 0 aliphatic carbocycles. The Morgan fingerprint density at radius 1 is 1.35 bits per heavy atom. The summed E-state index contributed by atoms with van der Waals surface area (Å²) in [6.07, 6.45) is 1.89. The van der Waals surface area contributed by atoms with Crippen LogP contribution in [0.2, 0.25) is 0 Å². The number of aliphatic carboxylic acids is 1. The van der Waals surface area contributed by atoms with E-state index in [0.717, 1.165) is 11.4 Å². The molecule has 5 nitrogen and oxygen atoms in total. The summed E-state index contributed by atoms with van der Waals surface area (Å²) in [4.78, 5) is 10.7. The zero-order valence-corrected chi connectivity index (χ0v) is 9.15. The van der Waals surface area contributed by atoms with Crippen molar-refractivity contribution in [3.05, 3.63) is 48.3 Å². The van der Waals surface area contributed by atoms with Crippen molar-refractivity contribution in [2.24, 2.45) is 5.73 Å². The number of benzene rings is 1. The molecule has 0 aliphatic heterocycles. The smallest absolute Gasteiger partial charge is 0.320 e. The highest BCUT2D eigenvalue weighted by molar-refractivity contribution is 5.73. The van der Waals surface area contributed by atoms with E-state index in [1.165, 1.54) is 0 Å². The van der Waals surface area contributed by atoms with Crippen LogP contribution in [-0.4, -0.2) is 26.9 Å². The van der Waals surface area contributed by atoms with Crippen molar-refractivity contribution in [3.8, 4) is 5.69 Å². The van der Waals surface area contributed by atoms with Gasteiger partial charge in [0, 0.05) is 18.3 Å². The molecule has 2 rings (SSSR count). The van der Waals surface area contributed by atoms with Crippen LogP contribution in [0.25, 0.3) is 5.69 Å². The number of rotatable bonds is 4. The highest BCUT2D eigenvalue weighted by Crippen LogP contribution is 2.11. The summed E-state index contributed by atoms with van der Waals surface area (Å²) in [5, 5.41) is 13.0. The molecule has 5 heteroatoms. The lowest BCUT2D eigenvalue weighted by atomic mass is 10.1. The van der Waals surface area contributed by atoms with Crippen LogP contribution in [0, 0.1) is 0 Å². The predicted molar refractivity (Wildman–Crippen MR) is 62.9 cm³/mol. The van der Waals surface area contributed by atoms with E-state index >= 15 is 0 Å². The quantitative estimate of drug-likeness (QED) is 0.816. The van der Waals surface area contributed by atoms with Crippen LogP contribution in [0.3, 0.4) is 0 Å². The lowest BCUT2D eigenvalue weighted by Gasteiger charge is -2.09. The fourth-order valence-electron chi connectivity index (χ4n) is 1.60. The number of hydrogen-bond acceptors (Lipinski definition) is 3. The second-order valence-electron chi connectivity index (χ2n) is 3.72. The molecule has 0 unspecified atom stereocenters. The maximum absolute atomic E-state index is 10.7. The Balaban J connectivity index is 2.26. The van der Waals surface area contributed by atoms with Crippen LogP contribution in [-0.2, 0) is 11.2 Å². The van der Waals surface area contributed by atoms with Gasteiger partial charge < -0.3 is 10.8 Å². The van der Waals surface area contributed by atoms with Gasteiger partial charge in [0.1, 0.15) is 6.04 Å². The lowest BCUT2D eigenvalue weighted by Crippen LogP contribution is -2.33. The van der Waals surface area contributed by atoms with Gasteiger partial charge in [-0.25, -0.2) is 4.68 Å². The number of carboxylic acid groups (broad SMARTS) is 1. The van der Waals surface area contributed by atoms with E-state index in [1.807, 2.05) is 30.3 Å². The molecule has 1 aromatic carbocycles. The molecule has 0 bridgehead atoms. The van der Waals surface area contributed by atoms with Gasteiger partial charge >= 0.3 is 5.97 Å². The lowest BCUT2D eigenvalue weighted by molar-refractivity contribution is -0.138. The molecule has 1 aromatic heterocycles. The second kappa shape index (κ2) is 4.80. The number of nitrogens with two attached hydrogens (primary N) is 1. The maximum Gasteiger partial charge on any atom is 0.320 e. The van der Waals surface area contributed by atoms with Crippen LogP contribution in [0.5, 0.6) is 0 Å². The Labute approximate surface area is 98.5 Å². The van der Waals surface area contributed by atoms with Crippen molar-refractivity contribution >= 4 is 5.97 Å². The first kappa shape index (κ1) is 11.3. The summed E-state index contributed by atoms with van der Waals surface area (Å²) in [5.41, 5.74) is 7.19. The number of carboxylic acids is 1. The highest BCUT2D eigenvalue weighted by atomic mass is 16.4. The third-order valence-electron chi connectivity index (χ3n) is 2.47. The average Bonchev–Trinajstić information content (AvgIpc) is 2.78. The van der Waals surface area contributed by atoms with E-state index < -0.39 is 12.0 Å². The Morgan fingerprint density at radius 3 is 2.71 bits per heavy atom. The normalized spacial score (nSPS) is 12.3. The summed E-state index contributed by atoms with van der Waals surface area (Å²) in [6.45, 7) is 0. The minimum absolute atomic E-state index is 0.254. The molecule has 0 spiro atoms. The number of para-hydroxylation sites is 1. The van der Waals surface area contributed by atoms with E-state index in [1.54, 1.807) is 16.9 Å². The zero-order valence-electron chi connectivity index (χ0n) is 9.15. The van der Waals surface area contributed by atoms with Gasteiger partial charge in [0.15, 0.2) is 0 Å². The Morgan fingerprint density at radius 2 is 2.06 bits per heavy atom. The zero-order chi connectivity index (χ0) is 12.3. The summed E-state index contributed by atoms with van der Waals surface area (Å²) in [6, 6.07) is 10.4. The van der Waals surface area contributed by atoms with Crippen LogP contribution in [0.4, 0.5) is 0 Å². The highest BCUT2D eigenvalue weighted by Gasteiger charge is 2.15. The largest absolute Gasteiger partial charge is 0.480 e. The van der Waals surface area contributed by atoms with Crippen molar-refractivity contribution in [2.45, 2.75) is 12.5 Å². The molecule has 0 aliphatic rings. The molecule has 0 fully saturated rings. The van der Waals surface area contributed by atoms with E-state index in [4.69, 9.17) is 10.8 Å². The topological polar surface area (TPSA) is 81.1 Å². The van der Waals surface area contributed by atoms with Crippen molar-refractivity contribution in [2.75, 3.05) is 0 Å². The summed E-state index contributed by atoms with van der Waals surface area (Å²) in [5.74, 6) is -1.01. The molecule has 0 saturated carbocycles. The Bertz CT molecular complexity index is 507. The fraction of sp³-hybridized carbons (Fsp3) is 0.167. The van der Waals surface area contributed by atoms with E-state index in [2.05, 4.69) is 5.10 Å². The van der Waals surface area contributed by atoms with Gasteiger partial charge in [-0.3, -0.25) is 4.79 Å². The van der Waals surface area contributed by atoms with E-state index in [-0.39, 0.29) is 6.42 Å². The van der Waals surface area contributed by atoms with E-state index in [0.29, 0.717) is 0 Å². The first-order chi connectivity index (χ1) is 8.18. The SMILES string of the molecule is N[C@@H](Cc1ccnn1-c1ccccc1)C(=O)O. The third kappa shape index (κ3) is 2.51. The molecule has 88 valence electrons. The van der Waals surface area contributed by atoms with Crippen molar-refractivity contribution < 1.29 is 9.90 Å². The summed E-state index contributed by atoms with van der Waals surface area (Å²) in [7, 11) is 0. The molecule has 3 N–H and O–H groups in total. The molecule has 1 heterocycles. The van der Waals surface area contributed by atoms with Gasteiger partial charge in [0.05, 0.1) is 5.69 Å². The standard InChI is InChI=1S/C12H13N3O2/c13-11(12(16)17)8-10-6-7-14-15(10)9-4-2-1-3-5-9/h1-7,11H,8,13H2,(H,16,17)/t11-/m0/s1. The predicted octanol–water partition coefficient (Wildman–Crippen LogP) is 0.827. The van der Waals surface area contributed by atoms with Crippen LogP contribution in [0.1, 0.15) is 5.69 Å². The first-order valence-corrected chi connectivity index (χ1v) is 5.25. The van der Waals surface area contributed by atoms with Crippen LogP contribution < -0.4 is 5.73 Å². The second-order valence-corrected chi connectivity index (χ2v) is 3.72. The van der Waals surface area contributed by atoms with Gasteiger partial charge in [-0.2, -0.15) is 5.10 Å². The van der Waals surface area contributed by atoms with Crippen molar-refractivity contribution in [1.82, 2.24) is 9.78 Å². The van der Waals surface area contributed by atoms with Crippen LogP contribution >= 0.6 is 0 Å². The number of aromatic nitrogens is 2. The van der Waals surface area contributed by atoms with Gasteiger partial charge in [0.25, 0.3) is 0 Å². The Hall–Kier alpha value is -2.14. The van der Waals surface area contributed by atoms with Crippen molar-refractivity contribution in [1.29, 1.82) is 0 Å². The molecular weight excluding hydrogens is 218 g/mol. The minimum atomic E-state index is -1.01. The molecule has 0 amide bonds. The van der Waals surface area contributed by atoms with Crippen molar-refractivity contribution in [3.63, 3.8) is 0 Å². The van der Waals surface area contributed by atoms with Crippen LogP contribution in [0.15, 0.2) is 42.6 Å². The monoisotopic (exact) mass is 231 g/mol. The molecule has 0 radical (unpaired) electrons. The third-order valence-corrected chi connectivity index (χ3v) is 2.47.